The van der Waals surface area contributed by atoms with Gasteiger partial charge in [-0.25, -0.2) is 0 Å². The van der Waals surface area contributed by atoms with Gasteiger partial charge in [-0.3, -0.25) is 4.79 Å². The van der Waals surface area contributed by atoms with E-state index in [1.807, 2.05) is 0 Å². The molecule has 25 heavy (non-hydrogen) atoms. The molecule has 0 unspecified atom stereocenters. The molecule has 4 aliphatic carbocycles. The number of carbonyl (C=O) groups excluding carboxylic acids is 1. The second-order valence-corrected chi connectivity index (χ2v) is 9.44. The van der Waals surface area contributed by atoms with Crippen molar-refractivity contribution in [2.24, 2.45) is 34.5 Å². The number of ketones is 1. The molecule has 0 saturated heterocycles. The first-order valence-electron chi connectivity index (χ1n) is 9.95. The largest absolute Gasteiger partial charge is 0.501 e. The first-order chi connectivity index (χ1) is 11.8. The number of aliphatic hydroxyl groups excluding tert-OH is 1. The van der Waals surface area contributed by atoms with Gasteiger partial charge in [-0.15, -0.1) is 0 Å². The number of allylic oxidation sites excluding steroid dienone is 4. The number of Topliss-reactive ketones (excluding diaryl/α,β-unsaturated/α-hetero) is 1. The van der Waals surface area contributed by atoms with Gasteiger partial charge in [-0.05, 0) is 79.3 Å². The van der Waals surface area contributed by atoms with E-state index in [1.165, 1.54) is 5.57 Å². The van der Waals surface area contributed by atoms with Crippen molar-refractivity contribution in [3.05, 3.63) is 23.5 Å². The highest BCUT2D eigenvalue weighted by Gasteiger charge is 2.61. The molecule has 0 aromatic heterocycles. The minimum atomic E-state index is -0.308. The predicted octanol–water partition coefficient (Wildman–Crippen LogP) is 4.27. The molecule has 2 saturated carbocycles. The van der Waals surface area contributed by atoms with Crippen LogP contribution in [0, 0.1) is 34.5 Å². The molecule has 4 rings (SSSR count). The third-order valence-electron chi connectivity index (χ3n) is 8.42. The number of fused-ring (bicyclic) bond motifs is 5. The first kappa shape index (κ1) is 17.3. The summed E-state index contributed by atoms with van der Waals surface area (Å²) < 4.78 is 5.49. The Labute approximate surface area is 151 Å². The fourth-order valence-corrected chi connectivity index (χ4v) is 7.26. The van der Waals surface area contributed by atoms with Crippen LogP contribution in [-0.4, -0.2) is 24.1 Å². The maximum Gasteiger partial charge on any atom is 0.133 e. The molecule has 0 amide bonds. The van der Waals surface area contributed by atoms with Crippen molar-refractivity contribution in [1.29, 1.82) is 0 Å². The van der Waals surface area contributed by atoms with Gasteiger partial charge in [-0.1, -0.05) is 19.9 Å². The summed E-state index contributed by atoms with van der Waals surface area (Å²) >= 11 is 0. The van der Waals surface area contributed by atoms with Gasteiger partial charge >= 0.3 is 0 Å². The Kier molecular flexibility index (Phi) is 3.95. The minimum Gasteiger partial charge on any atom is -0.501 e. The standard InChI is InChI=1S/C22H32O3/c1-13(23)17-7-8-18-16-6-5-14-11-15(25-4)9-10-21(14,2)20(16)19(24)12-22(17,18)3/h5,11,16-20,24H,6-10,12H2,1-4H3/t16-,17+,18-,19-,20+,21-,22+/m0/s1. The SMILES string of the molecule is COC1=CC2=CC[C@@H]3[C@H]([C@@H](O)C[C@]4(C)[C@@H](C(C)=O)CC[C@@H]34)[C@@]2(C)CC1. The normalized spacial score (nSPS) is 48.6. The highest BCUT2D eigenvalue weighted by molar-refractivity contribution is 5.79. The third kappa shape index (κ3) is 2.31. The molecule has 0 heterocycles. The van der Waals surface area contributed by atoms with E-state index in [-0.39, 0.29) is 22.9 Å². The summed E-state index contributed by atoms with van der Waals surface area (Å²) in [5, 5.41) is 11.3. The predicted molar refractivity (Wildman–Crippen MR) is 97.7 cm³/mol. The molecule has 0 aliphatic heterocycles. The molecule has 0 spiro atoms. The summed E-state index contributed by atoms with van der Waals surface area (Å²) in [6.45, 7) is 6.37. The fourth-order valence-electron chi connectivity index (χ4n) is 7.26. The molecule has 0 bridgehead atoms. The van der Waals surface area contributed by atoms with E-state index in [2.05, 4.69) is 26.0 Å². The molecule has 4 aliphatic rings. The lowest BCUT2D eigenvalue weighted by Crippen LogP contribution is -2.56. The molecule has 138 valence electrons. The second-order valence-electron chi connectivity index (χ2n) is 9.44. The Morgan fingerprint density at radius 1 is 1.32 bits per heavy atom. The number of ether oxygens (including phenoxy) is 1. The van der Waals surface area contributed by atoms with Crippen LogP contribution < -0.4 is 0 Å². The average Bonchev–Trinajstić information content (AvgIpc) is 2.90. The van der Waals surface area contributed by atoms with E-state index in [9.17, 15) is 9.90 Å². The third-order valence-corrected chi connectivity index (χ3v) is 8.42. The van der Waals surface area contributed by atoms with Crippen molar-refractivity contribution in [1.82, 2.24) is 0 Å². The molecular weight excluding hydrogens is 312 g/mol. The lowest BCUT2D eigenvalue weighted by atomic mass is 9.47. The van der Waals surface area contributed by atoms with Gasteiger partial charge < -0.3 is 9.84 Å². The smallest absolute Gasteiger partial charge is 0.133 e. The van der Waals surface area contributed by atoms with Gasteiger partial charge in [0.1, 0.15) is 5.78 Å². The topological polar surface area (TPSA) is 46.5 Å². The molecular formula is C22H32O3. The van der Waals surface area contributed by atoms with Gasteiger partial charge in [0.2, 0.25) is 0 Å². The quantitative estimate of drug-likeness (QED) is 0.814. The van der Waals surface area contributed by atoms with Crippen molar-refractivity contribution < 1.29 is 14.6 Å². The van der Waals surface area contributed by atoms with Crippen molar-refractivity contribution in [2.45, 2.75) is 65.4 Å². The van der Waals surface area contributed by atoms with Crippen LogP contribution in [0.1, 0.15) is 59.3 Å². The van der Waals surface area contributed by atoms with Gasteiger partial charge in [-0.2, -0.15) is 0 Å². The van der Waals surface area contributed by atoms with Crippen LogP contribution in [0.15, 0.2) is 23.5 Å². The molecule has 3 nitrogen and oxygen atoms in total. The zero-order chi connectivity index (χ0) is 18.0. The number of rotatable bonds is 2. The summed E-state index contributed by atoms with van der Waals surface area (Å²) in [7, 11) is 1.75. The second kappa shape index (κ2) is 5.70. The molecule has 3 heteroatoms. The van der Waals surface area contributed by atoms with Crippen molar-refractivity contribution >= 4 is 5.78 Å². The Hall–Kier alpha value is -1.09. The van der Waals surface area contributed by atoms with Crippen molar-refractivity contribution in [3.8, 4) is 0 Å². The Balaban J connectivity index is 1.73. The van der Waals surface area contributed by atoms with Crippen LogP contribution >= 0.6 is 0 Å². The number of hydrogen-bond donors (Lipinski definition) is 1. The summed E-state index contributed by atoms with van der Waals surface area (Å²) in [5.74, 6) is 2.90. The monoisotopic (exact) mass is 344 g/mol. The summed E-state index contributed by atoms with van der Waals surface area (Å²) in [4.78, 5) is 12.2. The zero-order valence-corrected chi connectivity index (χ0v) is 16.0. The van der Waals surface area contributed by atoms with Crippen LogP contribution in [-0.2, 0) is 9.53 Å². The Bertz CT molecular complexity index is 648. The Morgan fingerprint density at radius 2 is 2.08 bits per heavy atom. The van der Waals surface area contributed by atoms with Gasteiger partial charge in [0.25, 0.3) is 0 Å². The van der Waals surface area contributed by atoms with Gasteiger partial charge in [0.05, 0.1) is 19.0 Å². The summed E-state index contributed by atoms with van der Waals surface area (Å²) in [5.41, 5.74) is 1.39. The lowest BCUT2D eigenvalue weighted by molar-refractivity contribution is -0.137. The molecule has 0 aromatic rings. The number of hydrogen-bond acceptors (Lipinski definition) is 3. The van der Waals surface area contributed by atoms with E-state index in [0.717, 1.165) is 44.3 Å². The van der Waals surface area contributed by atoms with Crippen LogP contribution in [0.25, 0.3) is 0 Å². The minimum absolute atomic E-state index is 0.0175. The number of methoxy groups -OCH3 is 1. The molecule has 0 aromatic carbocycles. The number of aliphatic hydroxyl groups is 1. The van der Waals surface area contributed by atoms with Crippen LogP contribution in [0.4, 0.5) is 0 Å². The van der Waals surface area contributed by atoms with Crippen LogP contribution in [0.3, 0.4) is 0 Å². The zero-order valence-electron chi connectivity index (χ0n) is 16.0. The summed E-state index contributed by atoms with van der Waals surface area (Å²) in [6.07, 6.45) is 10.3. The maximum atomic E-state index is 12.2. The van der Waals surface area contributed by atoms with Gasteiger partial charge in [0, 0.05) is 12.3 Å². The van der Waals surface area contributed by atoms with E-state index in [1.54, 1.807) is 14.0 Å². The van der Waals surface area contributed by atoms with Crippen molar-refractivity contribution in [2.75, 3.05) is 7.11 Å². The highest BCUT2D eigenvalue weighted by Crippen LogP contribution is 2.66. The van der Waals surface area contributed by atoms with E-state index >= 15 is 0 Å². The summed E-state index contributed by atoms with van der Waals surface area (Å²) in [6, 6.07) is 0. The van der Waals surface area contributed by atoms with Crippen LogP contribution in [0.5, 0.6) is 0 Å². The maximum absolute atomic E-state index is 12.2. The highest BCUT2D eigenvalue weighted by atomic mass is 16.5. The molecule has 7 atom stereocenters. The van der Waals surface area contributed by atoms with Gasteiger partial charge in [0.15, 0.2) is 0 Å². The van der Waals surface area contributed by atoms with Crippen molar-refractivity contribution in [3.63, 3.8) is 0 Å². The fraction of sp³-hybridized carbons (Fsp3) is 0.773. The van der Waals surface area contributed by atoms with E-state index in [4.69, 9.17) is 4.74 Å². The lowest BCUT2D eigenvalue weighted by Gasteiger charge is -2.58. The van der Waals surface area contributed by atoms with Crippen LogP contribution in [0.2, 0.25) is 0 Å². The molecule has 2 fully saturated rings. The van der Waals surface area contributed by atoms with E-state index in [0.29, 0.717) is 23.5 Å². The molecule has 1 N–H and O–H groups in total. The number of carbonyl (C=O) groups is 1. The Morgan fingerprint density at radius 3 is 2.76 bits per heavy atom. The molecule has 0 radical (unpaired) electrons. The first-order valence-corrected chi connectivity index (χ1v) is 9.95. The van der Waals surface area contributed by atoms with E-state index < -0.39 is 0 Å². The average molecular weight is 344 g/mol.